The van der Waals surface area contributed by atoms with Crippen molar-refractivity contribution < 1.29 is 23.9 Å². The SMILES string of the molecule is CCCCOC(=O)c1cc(NC(=O)COC(=O)c2ccccc2N)ccc1Cl. The topological polar surface area (TPSA) is 108 Å². The van der Waals surface area contributed by atoms with Gasteiger partial charge in [0.15, 0.2) is 6.61 Å². The fourth-order valence-electron chi connectivity index (χ4n) is 2.24. The summed E-state index contributed by atoms with van der Waals surface area (Å²) < 4.78 is 10.1. The number of hydrogen-bond acceptors (Lipinski definition) is 6. The normalized spacial score (nSPS) is 10.2. The molecule has 8 heteroatoms. The molecule has 0 aliphatic rings. The van der Waals surface area contributed by atoms with Crippen LogP contribution in [0.4, 0.5) is 11.4 Å². The molecule has 0 fully saturated rings. The Hall–Kier alpha value is -3.06. The van der Waals surface area contributed by atoms with Crippen LogP contribution in [0.25, 0.3) is 0 Å². The molecule has 2 aromatic carbocycles. The average Bonchev–Trinajstić information content (AvgIpc) is 2.68. The van der Waals surface area contributed by atoms with Gasteiger partial charge < -0.3 is 20.5 Å². The number of unbranched alkanes of at least 4 members (excludes halogenated alkanes) is 1. The number of carbonyl (C=O) groups is 3. The number of amides is 1. The van der Waals surface area contributed by atoms with E-state index in [9.17, 15) is 14.4 Å². The van der Waals surface area contributed by atoms with Crippen LogP contribution in [0.1, 0.15) is 40.5 Å². The summed E-state index contributed by atoms with van der Waals surface area (Å²) in [5.41, 5.74) is 6.61. The van der Waals surface area contributed by atoms with Gasteiger partial charge in [-0.2, -0.15) is 0 Å². The summed E-state index contributed by atoms with van der Waals surface area (Å²) in [7, 11) is 0. The van der Waals surface area contributed by atoms with Crippen LogP contribution in [-0.2, 0) is 14.3 Å². The zero-order valence-electron chi connectivity index (χ0n) is 15.4. The number of benzene rings is 2. The van der Waals surface area contributed by atoms with Crippen molar-refractivity contribution in [1.82, 2.24) is 0 Å². The molecule has 0 heterocycles. The molecule has 7 nitrogen and oxygen atoms in total. The molecule has 148 valence electrons. The molecular weight excluding hydrogens is 384 g/mol. The lowest BCUT2D eigenvalue weighted by molar-refractivity contribution is -0.119. The predicted octanol–water partition coefficient (Wildman–Crippen LogP) is 3.67. The first-order valence-corrected chi connectivity index (χ1v) is 9.08. The molecule has 0 unspecified atom stereocenters. The number of nitrogen functional groups attached to an aromatic ring is 1. The van der Waals surface area contributed by atoms with Gasteiger partial charge in [0.05, 0.1) is 22.8 Å². The number of nitrogens with one attached hydrogen (secondary N) is 1. The van der Waals surface area contributed by atoms with E-state index in [4.69, 9.17) is 26.8 Å². The second-order valence-corrected chi connectivity index (χ2v) is 6.30. The third-order valence-corrected chi connectivity index (χ3v) is 4.05. The molecule has 2 aromatic rings. The molecule has 0 atom stereocenters. The van der Waals surface area contributed by atoms with Gasteiger partial charge in [-0.25, -0.2) is 9.59 Å². The molecule has 0 aromatic heterocycles. The largest absolute Gasteiger partial charge is 0.462 e. The molecule has 2 rings (SSSR count). The van der Waals surface area contributed by atoms with Gasteiger partial charge in [0, 0.05) is 11.4 Å². The number of anilines is 2. The molecule has 0 saturated heterocycles. The van der Waals surface area contributed by atoms with Crippen LogP contribution >= 0.6 is 11.6 Å². The molecule has 28 heavy (non-hydrogen) atoms. The number of ether oxygens (including phenoxy) is 2. The van der Waals surface area contributed by atoms with Gasteiger partial charge in [-0.15, -0.1) is 0 Å². The Morgan fingerprint density at radius 2 is 1.75 bits per heavy atom. The van der Waals surface area contributed by atoms with E-state index in [-0.39, 0.29) is 21.8 Å². The van der Waals surface area contributed by atoms with Crippen molar-refractivity contribution in [2.24, 2.45) is 0 Å². The fraction of sp³-hybridized carbons (Fsp3) is 0.250. The number of nitrogens with two attached hydrogens (primary N) is 1. The molecule has 3 N–H and O–H groups in total. The van der Waals surface area contributed by atoms with E-state index in [2.05, 4.69) is 5.32 Å². The minimum atomic E-state index is -0.704. The van der Waals surface area contributed by atoms with Crippen molar-refractivity contribution in [3.05, 3.63) is 58.6 Å². The Kier molecular flexibility index (Phi) is 7.83. The van der Waals surface area contributed by atoms with Gasteiger partial charge in [0.25, 0.3) is 5.91 Å². The third kappa shape index (κ3) is 5.99. The molecule has 0 aliphatic carbocycles. The lowest BCUT2D eigenvalue weighted by Gasteiger charge is -2.10. The van der Waals surface area contributed by atoms with Crippen LogP contribution in [0.3, 0.4) is 0 Å². The molecule has 0 bridgehead atoms. The van der Waals surface area contributed by atoms with Gasteiger partial charge in [-0.1, -0.05) is 37.1 Å². The number of hydrogen-bond donors (Lipinski definition) is 2. The highest BCUT2D eigenvalue weighted by molar-refractivity contribution is 6.33. The number of esters is 2. The van der Waals surface area contributed by atoms with E-state index in [0.29, 0.717) is 12.3 Å². The first-order valence-electron chi connectivity index (χ1n) is 8.70. The maximum absolute atomic E-state index is 12.1. The summed E-state index contributed by atoms with van der Waals surface area (Å²) in [5, 5.41) is 2.75. The highest BCUT2D eigenvalue weighted by atomic mass is 35.5. The monoisotopic (exact) mass is 404 g/mol. The minimum Gasteiger partial charge on any atom is -0.462 e. The van der Waals surface area contributed by atoms with Crippen molar-refractivity contribution in [3.8, 4) is 0 Å². The minimum absolute atomic E-state index is 0.143. The number of rotatable bonds is 8. The lowest BCUT2D eigenvalue weighted by atomic mass is 10.2. The summed E-state index contributed by atoms with van der Waals surface area (Å²) in [6.07, 6.45) is 1.64. The summed E-state index contributed by atoms with van der Waals surface area (Å²) in [6, 6.07) is 10.8. The van der Waals surface area contributed by atoms with Gasteiger partial charge >= 0.3 is 11.9 Å². The predicted molar refractivity (Wildman–Crippen MR) is 106 cm³/mol. The second kappa shape index (κ2) is 10.3. The third-order valence-electron chi connectivity index (χ3n) is 3.72. The van der Waals surface area contributed by atoms with Gasteiger partial charge in [0.2, 0.25) is 0 Å². The van der Waals surface area contributed by atoms with Crippen LogP contribution in [0.15, 0.2) is 42.5 Å². The smallest absolute Gasteiger partial charge is 0.340 e. The quantitative estimate of drug-likeness (QED) is 0.395. The van der Waals surface area contributed by atoms with Crippen molar-refractivity contribution in [3.63, 3.8) is 0 Å². The zero-order chi connectivity index (χ0) is 20.5. The first-order chi connectivity index (χ1) is 13.4. The van der Waals surface area contributed by atoms with E-state index >= 15 is 0 Å². The summed E-state index contributed by atoms with van der Waals surface area (Å²) in [5.74, 6) is -1.85. The summed E-state index contributed by atoms with van der Waals surface area (Å²) in [6.45, 7) is 1.77. The van der Waals surface area contributed by atoms with E-state index in [1.165, 1.54) is 24.3 Å². The Morgan fingerprint density at radius 3 is 2.46 bits per heavy atom. The van der Waals surface area contributed by atoms with Gasteiger partial charge in [0.1, 0.15) is 0 Å². The summed E-state index contributed by atoms with van der Waals surface area (Å²) in [4.78, 5) is 36.1. The fourth-order valence-corrected chi connectivity index (χ4v) is 2.43. The average molecular weight is 405 g/mol. The van der Waals surface area contributed by atoms with Crippen LogP contribution < -0.4 is 11.1 Å². The molecular formula is C20H21ClN2O5. The molecule has 0 spiro atoms. The van der Waals surface area contributed by atoms with Crippen molar-refractivity contribution >= 4 is 40.8 Å². The maximum Gasteiger partial charge on any atom is 0.340 e. The Labute approximate surface area is 167 Å². The van der Waals surface area contributed by atoms with Crippen LogP contribution in [0.2, 0.25) is 5.02 Å². The van der Waals surface area contributed by atoms with Crippen LogP contribution in [-0.4, -0.2) is 31.1 Å². The number of para-hydroxylation sites is 1. The standard InChI is InChI=1S/C20H21ClN2O5/c1-2-3-10-27-20(26)15-11-13(8-9-16(15)21)23-18(24)12-28-19(25)14-6-4-5-7-17(14)22/h4-9,11H,2-3,10,12,22H2,1H3,(H,23,24). The second-order valence-electron chi connectivity index (χ2n) is 5.90. The van der Waals surface area contributed by atoms with E-state index in [1.807, 2.05) is 6.92 Å². The molecule has 0 aliphatic heterocycles. The Balaban J connectivity index is 1.94. The van der Waals surface area contributed by atoms with E-state index < -0.39 is 24.5 Å². The van der Waals surface area contributed by atoms with E-state index in [1.54, 1.807) is 18.2 Å². The Bertz CT molecular complexity index is 869. The highest BCUT2D eigenvalue weighted by Gasteiger charge is 2.15. The van der Waals surface area contributed by atoms with Crippen LogP contribution in [0.5, 0.6) is 0 Å². The van der Waals surface area contributed by atoms with E-state index in [0.717, 1.165) is 12.8 Å². The number of carbonyl (C=O) groups excluding carboxylic acids is 3. The number of halogens is 1. The Morgan fingerprint density at radius 1 is 1.04 bits per heavy atom. The van der Waals surface area contributed by atoms with Crippen molar-refractivity contribution in [2.45, 2.75) is 19.8 Å². The first kappa shape index (κ1) is 21.2. The molecule has 0 radical (unpaired) electrons. The van der Waals surface area contributed by atoms with Crippen molar-refractivity contribution in [2.75, 3.05) is 24.3 Å². The molecule has 0 saturated carbocycles. The highest BCUT2D eigenvalue weighted by Crippen LogP contribution is 2.22. The van der Waals surface area contributed by atoms with Crippen LogP contribution in [0, 0.1) is 0 Å². The molecule has 1 amide bonds. The van der Waals surface area contributed by atoms with Gasteiger partial charge in [-0.3, -0.25) is 4.79 Å². The van der Waals surface area contributed by atoms with Crippen molar-refractivity contribution in [1.29, 1.82) is 0 Å². The maximum atomic E-state index is 12.1. The zero-order valence-corrected chi connectivity index (χ0v) is 16.1. The lowest BCUT2D eigenvalue weighted by Crippen LogP contribution is -2.21. The van der Waals surface area contributed by atoms with Gasteiger partial charge in [-0.05, 0) is 36.8 Å². The summed E-state index contributed by atoms with van der Waals surface area (Å²) >= 11 is 6.03.